The molecule has 1 heterocycles. The van der Waals surface area contributed by atoms with Gasteiger partial charge in [0.05, 0.1) is 5.52 Å². The molecule has 0 fully saturated rings. The number of carboxylic acids is 1. The Kier molecular flexibility index (Phi) is 5.64. The lowest BCUT2D eigenvalue weighted by Crippen LogP contribution is -2.19. The van der Waals surface area contributed by atoms with E-state index in [2.05, 4.69) is 24.0 Å². The Morgan fingerprint density at radius 2 is 1.96 bits per heavy atom. The molecule has 2 aromatic carbocycles. The van der Waals surface area contributed by atoms with E-state index in [1.165, 1.54) is 0 Å². The quantitative estimate of drug-likeness (QED) is 0.592. The number of carbonyl (C=O) groups is 1. The Bertz CT molecular complexity index is 934. The third-order valence-corrected chi connectivity index (χ3v) is 4.20. The number of anilines is 2. The molecule has 132 valence electrons. The van der Waals surface area contributed by atoms with Crippen molar-refractivity contribution in [2.75, 3.05) is 11.4 Å². The van der Waals surface area contributed by atoms with Crippen molar-refractivity contribution < 1.29 is 9.90 Å². The minimum atomic E-state index is -0.950. The van der Waals surface area contributed by atoms with Crippen molar-refractivity contribution in [2.24, 2.45) is 0 Å². The highest BCUT2D eigenvalue weighted by Gasteiger charge is 2.11. The number of hydrogen-bond acceptors (Lipinski definition) is 3. The first kappa shape index (κ1) is 17.7. The van der Waals surface area contributed by atoms with Gasteiger partial charge in [0, 0.05) is 23.7 Å². The van der Waals surface area contributed by atoms with Crippen LogP contribution in [-0.2, 0) is 4.79 Å². The van der Waals surface area contributed by atoms with Crippen LogP contribution in [0.25, 0.3) is 17.0 Å². The second-order valence-electron chi connectivity index (χ2n) is 6.13. The van der Waals surface area contributed by atoms with E-state index in [4.69, 9.17) is 10.1 Å². The minimum absolute atomic E-state index is 0.854. The molecule has 1 N–H and O–H groups in total. The van der Waals surface area contributed by atoms with Gasteiger partial charge in [0.2, 0.25) is 0 Å². The van der Waals surface area contributed by atoms with Gasteiger partial charge in [0.25, 0.3) is 0 Å². The van der Waals surface area contributed by atoms with Crippen molar-refractivity contribution >= 4 is 34.5 Å². The molecule has 0 saturated heterocycles. The zero-order valence-electron chi connectivity index (χ0n) is 14.8. The van der Waals surface area contributed by atoms with Gasteiger partial charge in [0.1, 0.15) is 5.82 Å². The van der Waals surface area contributed by atoms with Crippen molar-refractivity contribution in [3.05, 3.63) is 72.3 Å². The lowest BCUT2D eigenvalue weighted by Gasteiger charge is -2.24. The largest absolute Gasteiger partial charge is 0.478 e. The molecule has 0 aliphatic carbocycles. The van der Waals surface area contributed by atoms with Crippen LogP contribution in [0.2, 0.25) is 0 Å². The fourth-order valence-corrected chi connectivity index (χ4v) is 2.86. The SMILES string of the molecule is CCCCN(c1cccc(/C=C/C(=O)O)c1)c1ccc2ccccc2n1. The van der Waals surface area contributed by atoms with Crippen molar-refractivity contribution in [1.82, 2.24) is 4.98 Å². The lowest BCUT2D eigenvalue weighted by atomic mass is 10.1. The molecule has 0 bridgehead atoms. The molecule has 0 aliphatic heterocycles. The van der Waals surface area contributed by atoms with Crippen LogP contribution in [0.4, 0.5) is 11.5 Å². The summed E-state index contributed by atoms with van der Waals surface area (Å²) in [5, 5.41) is 9.96. The van der Waals surface area contributed by atoms with Gasteiger partial charge in [-0.15, -0.1) is 0 Å². The first-order valence-electron chi connectivity index (χ1n) is 8.82. The number of aromatic nitrogens is 1. The first-order chi connectivity index (χ1) is 12.7. The van der Waals surface area contributed by atoms with Crippen LogP contribution in [0.3, 0.4) is 0 Å². The summed E-state index contributed by atoms with van der Waals surface area (Å²) in [4.78, 5) is 17.8. The standard InChI is InChI=1S/C22H22N2O2/c1-2-3-15-24(19-9-6-7-17(16-19)11-14-22(25)26)21-13-12-18-8-4-5-10-20(18)23-21/h4-14,16H,2-3,15H2,1H3,(H,25,26)/b14-11+. The number of benzene rings is 2. The van der Waals surface area contributed by atoms with Crippen LogP contribution in [-0.4, -0.2) is 22.6 Å². The van der Waals surface area contributed by atoms with Crippen molar-refractivity contribution in [1.29, 1.82) is 0 Å². The Morgan fingerprint density at radius 1 is 1.12 bits per heavy atom. The van der Waals surface area contributed by atoms with Crippen LogP contribution in [0.1, 0.15) is 25.3 Å². The molecule has 0 amide bonds. The normalized spacial score (nSPS) is 11.1. The smallest absolute Gasteiger partial charge is 0.328 e. The molecule has 0 atom stereocenters. The summed E-state index contributed by atoms with van der Waals surface area (Å²) in [7, 11) is 0. The Balaban J connectivity index is 1.99. The Labute approximate surface area is 153 Å². The zero-order chi connectivity index (χ0) is 18.4. The van der Waals surface area contributed by atoms with Gasteiger partial charge in [-0.2, -0.15) is 0 Å². The van der Waals surface area contributed by atoms with E-state index in [9.17, 15) is 4.79 Å². The molecule has 3 rings (SSSR count). The predicted molar refractivity (Wildman–Crippen MR) is 107 cm³/mol. The van der Waals surface area contributed by atoms with Crippen LogP contribution in [0.15, 0.2) is 66.7 Å². The summed E-state index contributed by atoms with van der Waals surface area (Å²) in [6, 6.07) is 20.1. The van der Waals surface area contributed by atoms with Crippen molar-refractivity contribution in [2.45, 2.75) is 19.8 Å². The average molecular weight is 346 g/mol. The topological polar surface area (TPSA) is 53.4 Å². The van der Waals surface area contributed by atoms with Gasteiger partial charge < -0.3 is 10.0 Å². The lowest BCUT2D eigenvalue weighted by molar-refractivity contribution is -0.131. The third kappa shape index (κ3) is 4.28. The van der Waals surface area contributed by atoms with Gasteiger partial charge >= 0.3 is 5.97 Å². The Morgan fingerprint density at radius 3 is 2.77 bits per heavy atom. The molecule has 0 unspecified atom stereocenters. The van der Waals surface area contributed by atoms with Crippen LogP contribution >= 0.6 is 0 Å². The molecule has 1 aromatic heterocycles. The van der Waals surface area contributed by atoms with E-state index >= 15 is 0 Å². The number of hydrogen-bond donors (Lipinski definition) is 1. The highest BCUT2D eigenvalue weighted by molar-refractivity contribution is 5.85. The van der Waals surface area contributed by atoms with Crippen LogP contribution in [0.5, 0.6) is 0 Å². The first-order valence-corrected chi connectivity index (χ1v) is 8.82. The number of fused-ring (bicyclic) bond motifs is 1. The summed E-state index contributed by atoms with van der Waals surface area (Å²) in [6.07, 6.45) is 4.90. The number of rotatable bonds is 7. The van der Waals surface area contributed by atoms with E-state index in [1.54, 1.807) is 6.08 Å². The maximum absolute atomic E-state index is 10.8. The summed E-state index contributed by atoms with van der Waals surface area (Å²) >= 11 is 0. The van der Waals surface area contributed by atoms with Gasteiger partial charge in [0.15, 0.2) is 0 Å². The highest BCUT2D eigenvalue weighted by atomic mass is 16.4. The second-order valence-corrected chi connectivity index (χ2v) is 6.13. The summed E-state index contributed by atoms with van der Waals surface area (Å²) in [5.41, 5.74) is 2.83. The average Bonchev–Trinajstić information content (AvgIpc) is 2.67. The molecule has 0 spiro atoms. The van der Waals surface area contributed by atoms with E-state index in [1.807, 2.05) is 48.5 Å². The highest BCUT2D eigenvalue weighted by Crippen LogP contribution is 2.27. The molecular formula is C22H22N2O2. The molecule has 4 heteroatoms. The molecule has 0 aliphatic rings. The summed E-state index contributed by atoms with van der Waals surface area (Å²) in [5.74, 6) is -0.0500. The number of unbranched alkanes of at least 4 members (excludes halogenated alkanes) is 1. The second kappa shape index (κ2) is 8.30. The van der Waals surface area contributed by atoms with Gasteiger partial charge in [-0.1, -0.05) is 43.7 Å². The van der Waals surface area contributed by atoms with Crippen LogP contribution < -0.4 is 4.90 Å². The summed E-state index contributed by atoms with van der Waals surface area (Å²) in [6.45, 7) is 3.02. The zero-order valence-corrected chi connectivity index (χ0v) is 14.8. The molecule has 0 radical (unpaired) electrons. The number of pyridine rings is 1. The molecule has 26 heavy (non-hydrogen) atoms. The maximum atomic E-state index is 10.8. The third-order valence-electron chi connectivity index (χ3n) is 4.20. The van der Waals surface area contributed by atoms with E-state index in [-0.39, 0.29) is 0 Å². The number of para-hydroxylation sites is 1. The monoisotopic (exact) mass is 346 g/mol. The molecule has 3 aromatic rings. The van der Waals surface area contributed by atoms with Crippen molar-refractivity contribution in [3.8, 4) is 0 Å². The molecule has 0 saturated carbocycles. The predicted octanol–water partition coefficient (Wildman–Crippen LogP) is 5.27. The summed E-state index contributed by atoms with van der Waals surface area (Å²) < 4.78 is 0. The van der Waals surface area contributed by atoms with Gasteiger partial charge in [-0.3, -0.25) is 0 Å². The number of nitrogens with zero attached hydrogens (tertiary/aromatic N) is 2. The minimum Gasteiger partial charge on any atom is -0.478 e. The van der Waals surface area contributed by atoms with E-state index in [0.29, 0.717) is 0 Å². The number of carboxylic acid groups (broad SMARTS) is 1. The van der Waals surface area contributed by atoms with E-state index in [0.717, 1.165) is 53.4 Å². The molecule has 4 nitrogen and oxygen atoms in total. The van der Waals surface area contributed by atoms with Crippen LogP contribution in [0, 0.1) is 0 Å². The van der Waals surface area contributed by atoms with Crippen molar-refractivity contribution in [3.63, 3.8) is 0 Å². The Hall–Kier alpha value is -3.14. The van der Waals surface area contributed by atoms with Gasteiger partial charge in [-0.25, -0.2) is 9.78 Å². The van der Waals surface area contributed by atoms with E-state index < -0.39 is 5.97 Å². The fourth-order valence-electron chi connectivity index (χ4n) is 2.86. The molecular weight excluding hydrogens is 324 g/mol. The fraction of sp³-hybridized carbons (Fsp3) is 0.182. The number of aliphatic carboxylic acids is 1. The maximum Gasteiger partial charge on any atom is 0.328 e. The van der Waals surface area contributed by atoms with Gasteiger partial charge in [-0.05, 0) is 48.4 Å².